The van der Waals surface area contributed by atoms with Crippen LogP contribution in [0.25, 0.3) is 24.3 Å². The van der Waals surface area contributed by atoms with Crippen molar-refractivity contribution in [3.63, 3.8) is 0 Å². The Bertz CT molecular complexity index is 996. The second-order valence-corrected chi connectivity index (χ2v) is 6.82. The Hall–Kier alpha value is -2.50. The predicted octanol–water partition coefficient (Wildman–Crippen LogP) is -2.66. The molecule has 33 heavy (non-hydrogen) atoms. The largest absolute Gasteiger partial charge is 1.00 e. The Morgan fingerprint density at radius 3 is 1.00 bits per heavy atom. The van der Waals surface area contributed by atoms with Crippen LogP contribution >= 0.6 is 0 Å². The van der Waals surface area contributed by atoms with E-state index >= 15 is 0 Å². The zero-order chi connectivity index (χ0) is 21.0. The van der Waals surface area contributed by atoms with Gasteiger partial charge in [-0.2, -0.15) is 0 Å². The third kappa shape index (κ3) is 11.8. The molecule has 0 aliphatic heterocycles. The van der Waals surface area contributed by atoms with Crippen molar-refractivity contribution in [1.82, 2.24) is 9.97 Å². The van der Waals surface area contributed by atoms with E-state index in [4.69, 9.17) is 0 Å². The molecule has 4 heterocycles. The maximum Gasteiger partial charge on any atom is 0.169 e. The molecule has 0 saturated heterocycles. The fourth-order valence-corrected chi connectivity index (χ4v) is 2.58. The molecule has 0 spiro atoms. The number of rotatable bonds is 4. The number of halogens is 2. The van der Waals surface area contributed by atoms with E-state index in [-0.39, 0.29) is 53.4 Å². The zero-order valence-corrected chi connectivity index (χ0v) is 22.9. The van der Waals surface area contributed by atoms with E-state index in [0.29, 0.717) is 0 Å². The molecule has 0 fully saturated rings. The highest BCUT2D eigenvalue weighted by molar-refractivity contribution is 5.69. The molecule has 0 aromatic carbocycles. The third-order valence-corrected chi connectivity index (χ3v) is 4.36. The highest BCUT2D eigenvalue weighted by atomic mass is 127. The summed E-state index contributed by atoms with van der Waals surface area (Å²) < 4.78 is 4.04. The first-order valence-electron chi connectivity index (χ1n) is 9.76. The van der Waals surface area contributed by atoms with Crippen molar-refractivity contribution in [3.05, 3.63) is 120 Å². The summed E-state index contributed by atoms with van der Waals surface area (Å²) in [6.07, 6.45) is 23.7. The van der Waals surface area contributed by atoms with Gasteiger partial charge >= 0.3 is 0 Å². The summed E-state index contributed by atoms with van der Waals surface area (Å²) in [5, 5.41) is 0. The van der Waals surface area contributed by atoms with Gasteiger partial charge in [0.05, 0.1) is 0 Å². The van der Waals surface area contributed by atoms with E-state index in [2.05, 4.69) is 58.5 Å². The number of hydrogen-bond acceptors (Lipinski definition) is 2. The summed E-state index contributed by atoms with van der Waals surface area (Å²) in [6.45, 7) is 0. The molecule has 5 nitrogen and oxygen atoms in total. The van der Waals surface area contributed by atoms with Crippen LogP contribution in [-0.2, 0) is 14.1 Å². The molecule has 2 N–H and O–H groups in total. The molecule has 0 atom stereocenters. The van der Waals surface area contributed by atoms with E-state index in [1.165, 1.54) is 22.3 Å². The SMILES string of the molecule is C[n+]1ccc(/C=C/c2ccncc2)cc1.C[n+]1ccc(/C=C/c2ccncc2)cc1.O.[I-].[I-]. The molecule has 0 aliphatic carbocycles. The highest BCUT2D eigenvalue weighted by Crippen LogP contribution is 2.06. The molecule has 0 aliphatic rings. The summed E-state index contributed by atoms with van der Waals surface area (Å²) in [4.78, 5) is 7.95. The van der Waals surface area contributed by atoms with E-state index in [9.17, 15) is 0 Å². The molecule has 0 bridgehead atoms. The quantitative estimate of drug-likeness (QED) is 0.177. The van der Waals surface area contributed by atoms with E-state index in [1.807, 2.05) is 72.3 Å². The van der Waals surface area contributed by atoms with Gasteiger partial charge in [0.1, 0.15) is 14.1 Å². The number of aryl methyl sites for hydroxylation is 2. The first-order chi connectivity index (χ1) is 14.7. The van der Waals surface area contributed by atoms with Crippen LogP contribution in [0.4, 0.5) is 0 Å². The van der Waals surface area contributed by atoms with Crippen LogP contribution in [0.3, 0.4) is 0 Å². The summed E-state index contributed by atoms with van der Waals surface area (Å²) in [6, 6.07) is 16.3. The molecule has 7 heteroatoms. The second-order valence-electron chi connectivity index (χ2n) is 6.82. The van der Waals surface area contributed by atoms with Gasteiger partial charge in [-0.1, -0.05) is 24.3 Å². The molecule has 0 radical (unpaired) electrons. The minimum atomic E-state index is 0. The second kappa shape index (κ2) is 17.0. The first-order valence-corrected chi connectivity index (χ1v) is 9.76. The highest BCUT2D eigenvalue weighted by Gasteiger charge is 1.92. The fourth-order valence-electron chi connectivity index (χ4n) is 2.58. The summed E-state index contributed by atoms with van der Waals surface area (Å²) in [5.41, 5.74) is 4.73. The lowest BCUT2D eigenvalue weighted by molar-refractivity contribution is -0.671. The molecule has 0 unspecified atom stereocenters. The summed E-state index contributed by atoms with van der Waals surface area (Å²) in [7, 11) is 4.02. The summed E-state index contributed by atoms with van der Waals surface area (Å²) >= 11 is 0. The van der Waals surface area contributed by atoms with Crippen LogP contribution in [0.15, 0.2) is 98.1 Å². The van der Waals surface area contributed by atoms with Crippen LogP contribution in [0.1, 0.15) is 22.3 Å². The predicted molar refractivity (Wildman–Crippen MR) is 125 cm³/mol. The molecule has 4 rings (SSSR count). The molecule has 4 aromatic rings. The van der Waals surface area contributed by atoms with E-state index in [0.717, 1.165) is 0 Å². The molecule has 0 amide bonds. The topological polar surface area (TPSA) is 65.0 Å². The lowest BCUT2D eigenvalue weighted by atomic mass is 10.2. The maximum absolute atomic E-state index is 3.97. The Kier molecular flexibility index (Phi) is 15.7. The van der Waals surface area contributed by atoms with Gasteiger partial charge in [0, 0.05) is 49.1 Å². The smallest absolute Gasteiger partial charge is 0.169 e. The van der Waals surface area contributed by atoms with Gasteiger partial charge in [-0.25, -0.2) is 9.13 Å². The third-order valence-electron chi connectivity index (χ3n) is 4.36. The Balaban J connectivity index is 0.000000569. The average Bonchev–Trinajstić information content (AvgIpc) is 2.80. The Labute approximate surface area is 229 Å². The van der Waals surface area contributed by atoms with Gasteiger partial charge in [-0.05, 0) is 46.5 Å². The summed E-state index contributed by atoms with van der Waals surface area (Å²) in [5.74, 6) is 0. The lowest BCUT2D eigenvalue weighted by Gasteiger charge is -1.92. The Morgan fingerprint density at radius 2 is 0.727 bits per heavy atom. The lowest BCUT2D eigenvalue weighted by Crippen LogP contribution is -3.00. The molecular weight excluding hydrogens is 638 g/mol. The molecule has 0 saturated carbocycles. The van der Waals surface area contributed by atoms with E-state index in [1.54, 1.807) is 24.8 Å². The zero-order valence-electron chi connectivity index (χ0n) is 18.6. The van der Waals surface area contributed by atoms with Gasteiger partial charge in [-0.15, -0.1) is 0 Å². The minimum Gasteiger partial charge on any atom is -1.00 e. The van der Waals surface area contributed by atoms with Gasteiger partial charge in [0.25, 0.3) is 0 Å². The van der Waals surface area contributed by atoms with Gasteiger partial charge in [-0.3, -0.25) is 9.97 Å². The standard InChI is InChI=1S/2C13H13N2.2HI.H2O/c2*1-15-10-6-13(7-11-15)3-2-12-4-8-14-9-5-12;;;/h2*2-11H,1H3;2*1H;1H2/q2*+1;;;/p-2/b2*3-2+;;;. The number of aromatic nitrogens is 4. The number of pyridine rings is 4. The monoisotopic (exact) mass is 666 g/mol. The van der Waals surface area contributed by atoms with Crippen LogP contribution in [0.5, 0.6) is 0 Å². The minimum absolute atomic E-state index is 0. The maximum atomic E-state index is 3.97. The van der Waals surface area contributed by atoms with Crippen LogP contribution in [0, 0.1) is 0 Å². The van der Waals surface area contributed by atoms with Crippen molar-refractivity contribution in [2.45, 2.75) is 0 Å². The Morgan fingerprint density at radius 1 is 0.485 bits per heavy atom. The van der Waals surface area contributed by atoms with Crippen molar-refractivity contribution in [3.8, 4) is 0 Å². The molecular formula is C26H28I2N4O. The van der Waals surface area contributed by atoms with Gasteiger partial charge < -0.3 is 53.4 Å². The fraction of sp³-hybridized carbons (Fsp3) is 0.0769. The van der Waals surface area contributed by atoms with Crippen molar-refractivity contribution >= 4 is 24.3 Å². The van der Waals surface area contributed by atoms with Gasteiger partial charge in [0.2, 0.25) is 0 Å². The van der Waals surface area contributed by atoms with Crippen LogP contribution in [-0.4, -0.2) is 15.4 Å². The van der Waals surface area contributed by atoms with E-state index < -0.39 is 0 Å². The normalized spacial score (nSPS) is 9.76. The molecule has 4 aromatic heterocycles. The number of nitrogens with zero attached hydrogens (tertiary/aromatic N) is 4. The van der Waals surface area contributed by atoms with Crippen molar-refractivity contribution < 1.29 is 62.6 Å². The number of hydrogen-bond donors (Lipinski definition) is 0. The van der Waals surface area contributed by atoms with Gasteiger partial charge in [0.15, 0.2) is 24.8 Å². The van der Waals surface area contributed by atoms with Crippen molar-refractivity contribution in [2.24, 2.45) is 14.1 Å². The average molecular weight is 666 g/mol. The first kappa shape index (κ1) is 30.5. The molecule has 172 valence electrons. The van der Waals surface area contributed by atoms with Crippen LogP contribution in [0.2, 0.25) is 0 Å². The van der Waals surface area contributed by atoms with Crippen molar-refractivity contribution in [2.75, 3.05) is 0 Å². The van der Waals surface area contributed by atoms with Crippen LogP contribution < -0.4 is 57.1 Å². The van der Waals surface area contributed by atoms with Crippen molar-refractivity contribution in [1.29, 1.82) is 0 Å².